The molecule has 1 fully saturated rings. The van der Waals surface area contributed by atoms with Gasteiger partial charge >= 0.3 is 6.09 Å². The number of hydrogen-bond donors (Lipinski definition) is 1. The quantitative estimate of drug-likeness (QED) is 0.272. The van der Waals surface area contributed by atoms with Crippen molar-refractivity contribution < 1.29 is 9.53 Å². The first-order valence-corrected chi connectivity index (χ1v) is 16.0. The molecule has 1 saturated heterocycles. The molecule has 2 aromatic rings. The minimum atomic E-state index is -0.361. The van der Waals surface area contributed by atoms with Crippen LogP contribution in [-0.4, -0.2) is 36.7 Å². The van der Waals surface area contributed by atoms with E-state index in [1.165, 1.54) is 57.8 Å². The fourth-order valence-corrected chi connectivity index (χ4v) is 4.42. The van der Waals surface area contributed by atoms with Crippen molar-refractivity contribution in [1.29, 1.82) is 0 Å². The Kier molecular flexibility index (Phi) is 24.4. The Hall–Kier alpha value is -2.33. The number of anilines is 1. The molecule has 0 spiro atoms. The highest BCUT2D eigenvalue weighted by molar-refractivity contribution is 5.91. The van der Waals surface area contributed by atoms with Crippen molar-refractivity contribution in [3.63, 3.8) is 0 Å². The number of piperidine rings is 1. The number of likely N-dealkylation sites (tertiary alicyclic amines) is 1. The van der Waals surface area contributed by atoms with Crippen LogP contribution >= 0.6 is 0 Å². The van der Waals surface area contributed by atoms with E-state index in [0.29, 0.717) is 0 Å². The summed E-state index contributed by atoms with van der Waals surface area (Å²) in [6, 6.07) is 17.9. The Balaban J connectivity index is 0.000000940. The fourth-order valence-electron chi connectivity index (χ4n) is 4.42. The van der Waals surface area contributed by atoms with Crippen molar-refractivity contribution in [3.8, 4) is 11.1 Å². The molecule has 0 saturated carbocycles. The molecule has 0 bridgehead atoms. The predicted octanol–water partition coefficient (Wildman–Crippen LogP) is 11.0. The highest BCUT2D eigenvalue weighted by Crippen LogP contribution is 2.28. The zero-order chi connectivity index (χ0) is 29.1. The second kappa shape index (κ2) is 25.9. The van der Waals surface area contributed by atoms with Gasteiger partial charge < -0.3 is 9.64 Å². The van der Waals surface area contributed by atoms with Gasteiger partial charge in [0.15, 0.2) is 0 Å². The van der Waals surface area contributed by atoms with Crippen molar-refractivity contribution in [2.24, 2.45) is 0 Å². The molecule has 222 valence electrons. The number of rotatable bonds is 12. The summed E-state index contributed by atoms with van der Waals surface area (Å²) in [7, 11) is 0. The summed E-state index contributed by atoms with van der Waals surface area (Å²) in [5, 5.41) is 2.93. The Morgan fingerprint density at radius 2 is 1.26 bits per heavy atom. The molecule has 0 radical (unpaired) electrons. The third-order valence-corrected chi connectivity index (χ3v) is 6.59. The highest BCUT2D eigenvalue weighted by atomic mass is 16.6. The smallest absolute Gasteiger partial charge is 0.411 e. The minimum Gasteiger partial charge on any atom is -0.446 e. The van der Waals surface area contributed by atoms with E-state index < -0.39 is 0 Å². The van der Waals surface area contributed by atoms with Crippen LogP contribution in [0.1, 0.15) is 119 Å². The van der Waals surface area contributed by atoms with Gasteiger partial charge in [-0.15, -0.1) is 0 Å². The lowest BCUT2D eigenvalue weighted by Crippen LogP contribution is -2.38. The number of unbranched alkanes of at least 4 members (excludes halogenated alkanes) is 7. The number of ether oxygens (including phenoxy) is 1. The molecule has 1 heterocycles. The van der Waals surface area contributed by atoms with Crippen molar-refractivity contribution in [2.45, 2.75) is 125 Å². The molecular weight excluding hydrogens is 480 g/mol. The number of carbonyl (C=O) groups is 1. The maximum Gasteiger partial charge on any atom is 0.411 e. The molecule has 0 atom stereocenters. The van der Waals surface area contributed by atoms with Gasteiger partial charge in [0, 0.05) is 18.7 Å². The molecule has 3 rings (SSSR count). The molecule has 1 N–H and O–H groups in total. The second-order valence-corrected chi connectivity index (χ2v) is 9.60. The van der Waals surface area contributed by atoms with Crippen molar-refractivity contribution in [1.82, 2.24) is 4.90 Å². The zero-order valence-corrected chi connectivity index (χ0v) is 26.4. The van der Waals surface area contributed by atoms with Crippen LogP contribution in [0.4, 0.5) is 10.5 Å². The summed E-state index contributed by atoms with van der Waals surface area (Å²) < 4.78 is 5.66. The number of nitrogens with zero attached hydrogens (tertiary/aromatic N) is 1. The average molecular weight is 541 g/mol. The Labute approximate surface area is 241 Å². The summed E-state index contributed by atoms with van der Waals surface area (Å²) >= 11 is 0. The largest absolute Gasteiger partial charge is 0.446 e. The van der Waals surface area contributed by atoms with E-state index in [4.69, 9.17) is 4.74 Å². The fraction of sp³-hybridized carbons (Fsp3) is 0.629. The molecule has 0 aliphatic carbocycles. The summed E-state index contributed by atoms with van der Waals surface area (Å²) in [6.45, 7) is 17.9. The van der Waals surface area contributed by atoms with Gasteiger partial charge in [-0.3, -0.25) is 5.32 Å². The lowest BCUT2D eigenvalue weighted by Gasteiger charge is -2.31. The van der Waals surface area contributed by atoms with E-state index in [0.717, 1.165) is 49.3 Å². The SMILES string of the molecule is CC.CC.CCCCCCCCC.CCCCN1CCC(OC(=O)Nc2ccccc2-c2ccccc2)CC1. The van der Waals surface area contributed by atoms with Gasteiger partial charge in [0.1, 0.15) is 6.10 Å². The van der Waals surface area contributed by atoms with Gasteiger partial charge in [-0.25, -0.2) is 4.79 Å². The van der Waals surface area contributed by atoms with Gasteiger partial charge in [-0.05, 0) is 37.4 Å². The van der Waals surface area contributed by atoms with E-state index >= 15 is 0 Å². The highest BCUT2D eigenvalue weighted by Gasteiger charge is 2.22. The molecular formula is C35H60N2O2. The van der Waals surface area contributed by atoms with Crippen LogP contribution in [0.2, 0.25) is 0 Å². The van der Waals surface area contributed by atoms with Crippen LogP contribution in [0.15, 0.2) is 54.6 Å². The number of nitrogens with one attached hydrogen (secondary N) is 1. The van der Waals surface area contributed by atoms with Crippen LogP contribution in [0.5, 0.6) is 0 Å². The molecule has 1 amide bonds. The van der Waals surface area contributed by atoms with Crippen molar-refractivity contribution in [3.05, 3.63) is 54.6 Å². The van der Waals surface area contributed by atoms with Crippen molar-refractivity contribution in [2.75, 3.05) is 25.0 Å². The molecule has 2 aromatic carbocycles. The third-order valence-electron chi connectivity index (χ3n) is 6.59. The van der Waals surface area contributed by atoms with Crippen LogP contribution in [-0.2, 0) is 4.74 Å². The van der Waals surface area contributed by atoms with Crippen molar-refractivity contribution >= 4 is 11.8 Å². The van der Waals surface area contributed by atoms with E-state index in [2.05, 4.69) is 31.0 Å². The normalized spacial score (nSPS) is 13.0. The summed E-state index contributed by atoms with van der Waals surface area (Å²) in [5.41, 5.74) is 2.86. The van der Waals surface area contributed by atoms with Crippen LogP contribution in [0, 0.1) is 0 Å². The van der Waals surface area contributed by atoms with Gasteiger partial charge in [-0.1, -0.05) is 148 Å². The van der Waals surface area contributed by atoms with E-state index in [-0.39, 0.29) is 12.2 Å². The molecule has 1 aliphatic rings. The lowest BCUT2D eigenvalue weighted by molar-refractivity contribution is 0.0586. The minimum absolute atomic E-state index is 0.0109. The number of hydrogen-bond acceptors (Lipinski definition) is 3. The van der Waals surface area contributed by atoms with Gasteiger partial charge in [0.25, 0.3) is 0 Å². The molecule has 0 aromatic heterocycles. The summed E-state index contributed by atoms with van der Waals surface area (Å²) in [5.74, 6) is 0. The zero-order valence-electron chi connectivity index (χ0n) is 26.4. The number of benzene rings is 2. The monoisotopic (exact) mass is 540 g/mol. The predicted molar refractivity (Wildman–Crippen MR) is 173 cm³/mol. The molecule has 4 heteroatoms. The topological polar surface area (TPSA) is 41.6 Å². The summed E-state index contributed by atoms with van der Waals surface area (Å²) in [6.07, 6.45) is 13.9. The summed E-state index contributed by atoms with van der Waals surface area (Å²) in [4.78, 5) is 14.8. The number of amides is 1. The van der Waals surface area contributed by atoms with Crippen LogP contribution in [0.3, 0.4) is 0 Å². The average Bonchev–Trinajstić information content (AvgIpc) is 3.00. The van der Waals surface area contributed by atoms with Gasteiger partial charge in [0.2, 0.25) is 0 Å². The third kappa shape index (κ3) is 17.1. The molecule has 1 aliphatic heterocycles. The van der Waals surface area contributed by atoms with Crippen LogP contribution < -0.4 is 5.32 Å². The first-order valence-electron chi connectivity index (χ1n) is 16.0. The molecule has 4 nitrogen and oxygen atoms in total. The Bertz CT molecular complexity index is 795. The Morgan fingerprint density at radius 3 is 1.82 bits per heavy atom. The Morgan fingerprint density at radius 1 is 0.744 bits per heavy atom. The maximum absolute atomic E-state index is 12.4. The van der Waals surface area contributed by atoms with Gasteiger partial charge in [-0.2, -0.15) is 0 Å². The number of para-hydroxylation sites is 1. The van der Waals surface area contributed by atoms with E-state index in [1.807, 2.05) is 82.3 Å². The van der Waals surface area contributed by atoms with E-state index in [9.17, 15) is 4.79 Å². The second-order valence-electron chi connectivity index (χ2n) is 9.60. The molecule has 39 heavy (non-hydrogen) atoms. The first kappa shape index (κ1) is 36.7. The lowest BCUT2D eigenvalue weighted by atomic mass is 10.0. The number of carbonyl (C=O) groups excluding carboxylic acids is 1. The van der Waals surface area contributed by atoms with E-state index in [1.54, 1.807) is 0 Å². The first-order chi connectivity index (χ1) is 19.2. The molecule has 0 unspecified atom stereocenters. The standard InChI is InChI=1S/C22H28N2O2.C9H20.2C2H6/c1-2-3-15-24-16-13-19(14-17-24)26-22(25)23-21-12-8-7-11-20(21)18-9-5-4-6-10-18;1-3-5-7-9-8-6-4-2;2*1-2/h4-12,19H,2-3,13-17H2,1H3,(H,23,25);3-9H2,1-2H3;2*1-2H3. The maximum atomic E-state index is 12.4. The van der Waals surface area contributed by atoms with Crippen LogP contribution in [0.25, 0.3) is 11.1 Å². The van der Waals surface area contributed by atoms with Gasteiger partial charge in [0.05, 0.1) is 5.69 Å².